The van der Waals surface area contributed by atoms with E-state index >= 15 is 0 Å². The van der Waals surface area contributed by atoms with Gasteiger partial charge in [-0.2, -0.15) is 0 Å². The lowest BCUT2D eigenvalue weighted by atomic mass is 9.91. The van der Waals surface area contributed by atoms with Gasteiger partial charge in [0.1, 0.15) is 12.1 Å². The van der Waals surface area contributed by atoms with Crippen molar-refractivity contribution in [2.75, 3.05) is 18.4 Å². The molecule has 1 aromatic heterocycles. The number of fused-ring (bicyclic) bond motifs is 1. The van der Waals surface area contributed by atoms with Gasteiger partial charge in [-0.05, 0) is 55.1 Å². The van der Waals surface area contributed by atoms with Gasteiger partial charge in [0.05, 0.1) is 21.2 Å². The molecule has 8 heteroatoms. The standard InChI is InChI=1S/C19H17Cl2FN4.ClH/c20-14-4-6-16(18(22)17(14)21)26-19-13-8-11(12-2-1-7-23-9-12)3-5-15(13)24-10-25-19;/h3-6,8,10,12,23H,1-2,7,9H2,(H,24,25,26);1H. The predicted molar refractivity (Wildman–Crippen MR) is 111 cm³/mol. The molecule has 1 saturated heterocycles. The number of aromatic nitrogens is 2. The molecule has 1 aliphatic rings. The summed E-state index contributed by atoms with van der Waals surface area (Å²) in [6.07, 6.45) is 3.77. The van der Waals surface area contributed by atoms with Gasteiger partial charge in [0.25, 0.3) is 0 Å². The lowest BCUT2D eigenvalue weighted by Crippen LogP contribution is -2.28. The van der Waals surface area contributed by atoms with E-state index < -0.39 is 5.82 Å². The van der Waals surface area contributed by atoms with Gasteiger partial charge in [0.2, 0.25) is 0 Å². The Morgan fingerprint density at radius 1 is 1.15 bits per heavy atom. The van der Waals surface area contributed by atoms with Gasteiger partial charge >= 0.3 is 0 Å². The molecular weight excluding hydrogens is 410 g/mol. The van der Waals surface area contributed by atoms with Crippen LogP contribution in [0.5, 0.6) is 0 Å². The number of halogens is 4. The Morgan fingerprint density at radius 3 is 2.78 bits per heavy atom. The highest BCUT2D eigenvalue weighted by molar-refractivity contribution is 6.42. The molecule has 3 aromatic rings. The topological polar surface area (TPSA) is 49.8 Å². The largest absolute Gasteiger partial charge is 0.337 e. The Morgan fingerprint density at radius 2 is 2.00 bits per heavy atom. The first kappa shape index (κ1) is 20.1. The molecule has 2 heterocycles. The zero-order valence-corrected chi connectivity index (χ0v) is 16.6. The Hall–Kier alpha value is -1.66. The number of anilines is 2. The zero-order valence-electron chi connectivity index (χ0n) is 14.3. The maximum atomic E-state index is 14.4. The SMILES string of the molecule is Cl.Fc1c(Nc2ncnc3ccc(C4CCCNC4)cc23)ccc(Cl)c1Cl. The van der Waals surface area contributed by atoms with Crippen LogP contribution in [0.25, 0.3) is 10.9 Å². The molecule has 2 aromatic carbocycles. The van der Waals surface area contributed by atoms with E-state index in [-0.39, 0.29) is 28.1 Å². The number of benzene rings is 2. The Kier molecular flexibility index (Phi) is 6.37. The summed E-state index contributed by atoms with van der Waals surface area (Å²) in [7, 11) is 0. The Balaban J connectivity index is 0.00000210. The molecule has 1 unspecified atom stereocenters. The molecule has 0 aliphatic carbocycles. The van der Waals surface area contributed by atoms with Gasteiger partial charge in [-0.3, -0.25) is 0 Å². The molecule has 0 amide bonds. The summed E-state index contributed by atoms with van der Waals surface area (Å²) in [6.45, 7) is 2.03. The fraction of sp³-hybridized carbons (Fsp3) is 0.263. The lowest BCUT2D eigenvalue weighted by molar-refractivity contribution is 0.462. The van der Waals surface area contributed by atoms with E-state index in [2.05, 4.69) is 32.7 Å². The van der Waals surface area contributed by atoms with E-state index in [9.17, 15) is 4.39 Å². The normalized spacial score (nSPS) is 16.8. The van der Waals surface area contributed by atoms with Crippen LogP contribution in [0.1, 0.15) is 24.3 Å². The molecule has 4 rings (SSSR count). The summed E-state index contributed by atoms with van der Waals surface area (Å²) >= 11 is 11.8. The minimum Gasteiger partial charge on any atom is -0.337 e. The summed E-state index contributed by atoms with van der Waals surface area (Å²) in [5.41, 5.74) is 2.26. The molecule has 0 radical (unpaired) electrons. The van der Waals surface area contributed by atoms with E-state index in [1.807, 2.05) is 6.07 Å². The first-order valence-corrected chi connectivity index (χ1v) is 9.25. The van der Waals surface area contributed by atoms with Crippen LogP contribution in [0, 0.1) is 5.82 Å². The second-order valence-corrected chi connectivity index (χ2v) is 7.18. The average Bonchev–Trinajstić information content (AvgIpc) is 2.69. The first-order chi connectivity index (χ1) is 12.6. The Labute approximate surface area is 172 Å². The van der Waals surface area contributed by atoms with Gasteiger partial charge in [0.15, 0.2) is 5.82 Å². The van der Waals surface area contributed by atoms with E-state index in [4.69, 9.17) is 23.2 Å². The molecule has 27 heavy (non-hydrogen) atoms. The summed E-state index contributed by atoms with van der Waals surface area (Å²) in [5, 5.41) is 7.38. The molecule has 0 bridgehead atoms. The van der Waals surface area contributed by atoms with Gasteiger partial charge in [-0.15, -0.1) is 12.4 Å². The van der Waals surface area contributed by atoms with Crippen LogP contribution in [0.15, 0.2) is 36.7 Å². The third-order valence-corrected chi connectivity index (χ3v) is 5.50. The molecule has 4 nitrogen and oxygen atoms in total. The van der Waals surface area contributed by atoms with Crippen molar-refractivity contribution in [3.63, 3.8) is 0 Å². The highest BCUT2D eigenvalue weighted by Gasteiger charge is 2.17. The highest BCUT2D eigenvalue weighted by Crippen LogP contribution is 2.33. The summed E-state index contributed by atoms with van der Waals surface area (Å²) in [5.74, 6) is 0.402. The van der Waals surface area contributed by atoms with Gasteiger partial charge < -0.3 is 10.6 Å². The van der Waals surface area contributed by atoms with Crippen LogP contribution in [0.4, 0.5) is 15.9 Å². The molecular formula is C19H18Cl3FN4. The Bertz CT molecular complexity index is 961. The lowest BCUT2D eigenvalue weighted by Gasteiger charge is -2.23. The van der Waals surface area contributed by atoms with E-state index in [1.165, 1.54) is 11.9 Å². The van der Waals surface area contributed by atoms with Crippen molar-refractivity contribution in [2.24, 2.45) is 0 Å². The van der Waals surface area contributed by atoms with Crippen LogP contribution >= 0.6 is 35.6 Å². The average molecular weight is 428 g/mol. The van der Waals surface area contributed by atoms with Crippen molar-refractivity contribution in [1.82, 2.24) is 15.3 Å². The van der Waals surface area contributed by atoms with Crippen LogP contribution in [0.2, 0.25) is 10.0 Å². The number of hydrogen-bond donors (Lipinski definition) is 2. The molecule has 2 N–H and O–H groups in total. The van der Waals surface area contributed by atoms with E-state index in [0.717, 1.165) is 36.8 Å². The molecule has 1 atom stereocenters. The van der Waals surface area contributed by atoms with Crippen LogP contribution < -0.4 is 10.6 Å². The van der Waals surface area contributed by atoms with Gasteiger partial charge in [0, 0.05) is 11.9 Å². The maximum absolute atomic E-state index is 14.4. The van der Waals surface area contributed by atoms with Crippen molar-refractivity contribution < 1.29 is 4.39 Å². The summed E-state index contributed by atoms with van der Waals surface area (Å²) in [4.78, 5) is 8.62. The molecule has 0 saturated carbocycles. The number of rotatable bonds is 3. The van der Waals surface area contributed by atoms with E-state index in [1.54, 1.807) is 12.1 Å². The number of nitrogens with one attached hydrogen (secondary N) is 2. The number of piperidine rings is 1. The minimum absolute atomic E-state index is 0. The van der Waals surface area contributed by atoms with Gasteiger partial charge in [-0.25, -0.2) is 14.4 Å². The van der Waals surface area contributed by atoms with Crippen LogP contribution in [-0.2, 0) is 0 Å². The molecule has 1 aliphatic heterocycles. The second kappa shape index (κ2) is 8.57. The predicted octanol–water partition coefficient (Wildman–Crippen LogP) is 5.71. The summed E-state index contributed by atoms with van der Waals surface area (Å²) < 4.78 is 14.4. The third kappa shape index (κ3) is 4.11. The van der Waals surface area contributed by atoms with Crippen molar-refractivity contribution in [3.8, 4) is 0 Å². The zero-order chi connectivity index (χ0) is 18.1. The fourth-order valence-corrected chi connectivity index (χ4v) is 3.62. The monoisotopic (exact) mass is 426 g/mol. The first-order valence-electron chi connectivity index (χ1n) is 8.49. The molecule has 142 valence electrons. The maximum Gasteiger partial charge on any atom is 0.166 e. The summed E-state index contributed by atoms with van der Waals surface area (Å²) in [6, 6.07) is 9.28. The number of nitrogens with zero attached hydrogens (tertiary/aromatic N) is 2. The molecule has 0 spiro atoms. The smallest absolute Gasteiger partial charge is 0.166 e. The van der Waals surface area contributed by atoms with Crippen LogP contribution in [-0.4, -0.2) is 23.1 Å². The van der Waals surface area contributed by atoms with Crippen molar-refractivity contribution >= 4 is 58.0 Å². The minimum atomic E-state index is -0.599. The second-order valence-electron chi connectivity index (χ2n) is 6.39. The van der Waals surface area contributed by atoms with Crippen molar-refractivity contribution in [2.45, 2.75) is 18.8 Å². The fourth-order valence-electron chi connectivity index (χ4n) is 3.31. The number of hydrogen-bond acceptors (Lipinski definition) is 4. The highest BCUT2D eigenvalue weighted by atomic mass is 35.5. The molecule has 1 fully saturated rings. The van der Waals surface area contributed by atoms with E-state index in [0.29, 0.717) is 11.7 Å². The quantitative estimate of drug-likeness (QED) is 0.526. The van der Waals surface area contributed by atoms with Crippen molar-refractivity contribution in [3.05, 3.63) is 58.1 Å². The van der Waals surface area contributed by atoms with Crippen molar-refractivity contribution in [1.29, 1.82) is 0 Å². The van der Waals surface area contributed by atoms with Crippen LogP contribution in [0.3, 0.4) is 0 Å². The third-order valence-electron chi connectivity index (χ3n) is 4.72. The van der Waals surface area contributed by atoms with Gasteiger partial charge in [-0.1, -0.05) is 29.3 Å².